The lowest BCUT2D eigenvalue weighted by Crippen LogP contribution is -2.01. The van der Waals surface area contributed by atoms with E-state index in [0.29, 0.717) is 5.56 Å². The van der Waals surface area contributed by atoms with Crippen molar-refractivity contribution in [3.05, 3.63) is 39.7 Å². The monoisotopic (exact) mass is 325 g/mol. The number of rotatable bonds is 3. The summed E-state index contributed by atoms with van der Waals surface area (Å²) in [6, 6.07) is 7.34. The van der Waals surface area contributed by atoms with E-state index in [1.165, 1.54) is 7.11 Å². The van der Waals surface area contributed by atoms with Gasteiger partial charge in [-0.2, -0.15) is 0 Å². The number of carbonyl (C=O) groups is 1. The highest BCUT2D eigenvalue weighted by Crippen LogP contribution is 2.30. The second-order valence-electron chi connectivity index (χ2n) is 3.71. The van der Waals surface area contributed by atoms with Gasteiger partial charge in [0, 0.05) is 15.8 Å². The van der Waals surface area contributed by atoms with Crippen LogP contribution in [0.3, 0.4) is 0 Å². The van der Waals surface area contributed by atoms with Crippen LogP contribution in [0.15, 0.2) is 24.3 Å². The van der Waals surface area contributed by atoms with Crippen LogP contribution in [0, 0.1) is 6.92 Å². The van der Waals surface area contributed by atoms with Crippen molar-refractivity contribution in [1.82, 2.24) is 4.98 Å². The van der Waals surface area contributed by atoms with Crippen LogP contribution in [-0.2, 0) is 10.1 Å². The van der Waals surface area contributed by atoms with Gasteiger partial charge in [-0.3, -0.25) is 0 Å². The highest BCUT2D eigenvalue weighted by molar-refractivity contribution is 9.08. The number of aromatic nitrogens is 1. The zero-order valence-corrected chi connectivity index (χ0v) is 12.5. The number of esters is 1. The summed E-state index contributed by atoms with van der Waals surface area (Å²) in [5, 5.41) is 1.78. The van der Waals surface area contributed by atoms with Gasteiger partial charge in [-0.25, -0.2) is 9.78 Å². The van der Waals surface area contributed by atoms with E-state index in [9.17, 15) is 4.79 Å². The minimum Gasteiger partial charge on any atom is -0.465 e. The first kappa shape index (κ1) is 13.2. The van der Waals surface area contributed by atoms with Gasteiger partial charge in [-0.05, 0) is 19.1 Å². The Morgan fingerprint density at radius 3 is 2.94 bits per heavy atom. The minimum absolute atomic E-state index is 0.329. The summed E-state index contributed by atoms with van der Waals surface area (Å²) in [5.74, 6) is -0.329. The SMILES string of the molecule is COC(=O)c1cccc(-c2nc(C)sc2CBr)c1. The molecule has 2 aromatic rings. The van der Waals surface area contributed by atoms with Crippen molar-refractivity contribution in [3.8, 4) is 11.3 Å². The summed E-state index contributed by atoms with van der Waals surface area (Å²) in [5.41, 5.74) is 2.41. The van der Waals surface area contributed by atoms with Gasteiger partial charge in [0.25, 0.3) is 0 Å². The summed E-state index contributed by atoms with van der Waals surface area (Å²) < 4.78 is 4.72. The third-order valence-corrected chi connectivity index (χ3v) is 4.39. The van der Waals surface area contributed by atoms with Gasteiger partial charge >= 0.3 is 5.97 Å². The van der Waals surface area contributed by atoms with Crippen LogP contribution in [0.25, 0.3) is 11.3 Å². The molecule has 0 unspecified atom stereocenters. The molecule has 1 heterocycles. The van der Waals surface area contributed by atoms with Crippen LogP contribution in [0.1, 0.15) is 20.2 Å². The van der Waals surface area contributed by atoms with E-state index >= 15 is 0 Å². The average Bonchev–Trinajstić information content (AvgIpc) is 2.79. The number of hydrogen-bond acceptors (Lipinski definition) is 4. The molecule has 3 nitrogen and oxygen atoms in total. The highest BCUT2D eigenvalue weighted by atomic mass is 79.9. The lowest BCUT2D eigenvalue weighted by Gasteiger charge is -2.03. The Morgan fingerprint density at radius 1 is 1.50 bits per heavy atom. The molecular weight excluding hydrogens is 314 g/mol. The molecule has 18 heavy (non-hydrogen) atoms. The fourth-order valence-corrected chi connectivity index (χ4v) is 3.11. The van der Waals surface area contributed by atoms with Crippen LogP contribution in [0.4, 0.5) is 0 Å². The van der Waals surface area contributed by atoms with E-state index < -0.39 is 0 Å². The van der Waals surface area contributed by atoms with Crippen molar-refractivity contribution >= 4 is 33.2 Å². The minimum atomic E-state index is -0.329. The predicted molar refractivity (Wildman–Crippen MR) is 76.3 cm³/mol. The number of ether oxygens (including phenoxy) is 1. The number of nitrogens with zero attached hydrogens (tertiary/aromatic N) is 1. The van der Waals surface area contributed by atoms with Crippen molar-refractivity contribution in [3.63, 3.8) is 0 Å². The van der Waals surface area contributed by atoms with Gasteiger partial charge in [0.1, 0.15) is 0 Å². The Morgan fingerprint density at radius 2 is 2.28 bits per heavy atom. The Balaban J connectivity index is 2.47. The van der Waals surface area contributed by atoms with Crippen LogP contribution < -0.4 is 0 Å². The predicted octanol–water partition coefficient (Wildman–Crippen LogP) is 3.80. The second kappa shape index (κ2) is 5.63. The van der Waals surface area contributed by atoms with Crippen LogP contribution >= 0.6 is 27.3 Å². The van der Waals surface area contributed by atoms with E-state index in [-0.39, 0.29) is 5.97 Å². The maximum Gasteiger partial charge on any atom is 0.337 e. The summed E-state index contributed by atoms with van der Waals surface area (Å²) in [6.07, 6.45) is 0. The van der Waals surface area contributed by atoms with Crippen molar-refractivity contribution in [1.29, 1.82) is 0 Å². The molecule has 0 saturated carbocycles. The summed E-state index contributed by atoms with van der Waals surface area (Å²) >= 11 is 5.11. The molecular formula is C13H12BrNO2S. The summed E-state index contributed by atoms with van der Waals surface area (Å²) in [7, 11) is 1.38. The van der Waals surface area contributed by atoms with Gasteiger partial charge in [0.2, 0.25) is 0 Å². The number of halogens is 1. The van der Waals surface area contributed by atoms with E-state index in [4.69, 9.17) is 4.74 Å². The fraction of sp³-hybridized carbons (Fsp3) is 0.231. The Bertz CT molecular complexity index is 580. The number of hydrogen-bond donors (Lipinski definition) is 0. The van der Waals surface area contributed by atoms with Gasteiger partial charge in [-0.1, -0.05) is 28.1 Å². The van der Waals surface area contributed by atoms with Gasteiger partial charge < -0.3 is 4.74 Å². The molecule has 2 rings (SSSR count). The van der Waals surface area contributed by atoms with Gasteiger partial charge in [0.05, 0.1) is 23.4 Å². The topological polar surface area (TPSA) is 39.2 Å². The first-order valence-electron chi connectivity index (χ1n) is 5.36. The summed E-state index contributed by atoms with van der Waals surface area (Å²) in [6.45, 7) is 1.98. The Kier molecular flexibility index (Phi) is 4.14. The molecule has 0 aliphatic carbocycles. The van der Waals surface area contributed by atoms with Crippen LogP contribution in [-0.4, -0.2) is 18.1 Å². The molecule has 0 atom stereocenters. The molecule has 94 valence electrons. The number of alkyl halides is 1. The zero-order valence-electron chi connectivity index (χ0n) is 10.1. The molecule has 1 aromatic carbocycles. The standard InChI is InChI=1S/C13H12BrNO2S/c1-8-15-12(11(7-14)18-8)9-4-3-5-10(6-9)13(16)17-2/h3-6H,7H2,1-2H3. The van der Waals surface area contributed by atoms with Gasteiger partial charge in [0.15, 0.2) is 0 Å². The normalized spacial score (nSPS) is 10.4. The lowest BCUT2D eigenvalue weighted by molar-refractivity contribution is 0.0601. The fourth-order valence-electron chi connectivity index (χ4n) is 1.70. The van der Waals surface area contributed by atoms with Crippen LogP contribution in [0.5, 0.6) is 0 Å². The second-order valence-corrected chi connectivity index (χ2v) is 5.56. The highest BCUT2D eigenvalue weighted by Gasteiger charge is 2.12. The molecule has 0 spiro atoms. The maximum absolute atomic E-state index is 11.5. The number of methoxy groups -OCH3 is 1. The molecule has 0 fully saturated rings. The molecule has 0 radical (unpaired) electrons. The van der Waals surface area contributed by atoms with Crippen molar-refractivity contribution in [2.45, 2.75) is 12.3 Å². The first-order valence-corrected chi connectivity index (χ1v) is 7.30. The number of carbonyl (C=O) groups excluding carboxylic acids is 1. The van der Waals surface area contributed by atoms with Crippen molar-refractivity contribution in [2.75, 3.05) is 7.11 Å². The van der Waals surface area contributed by atoms with E-state index in [2.05, 4.69) is 20.9 Å². The third kappa shape index (κ3) is 2.62. The lowest BCUT2D eigenvalue weighted by atomic mass is 10.1. The molecule has 0 aliphatic rings. The van der Waals surface area contributed by atoms with E-state index in [1.807, 2.05) is 25.1 Å². The number of benzene rings is 1. The third-order valence-electron chi connectivity index (χ3n) is 2.48. The molecule has 1 aromatic heterocycles. The molecule has 0 aliphatic heterocycles. The van der Waals surface area contributed by atoms with Gasteiger partial charge in [-0.15, -0.1) is 11.3 Å². The van der Waals surface area contributed by atoms with E-state index in [1.54, 1.807) is 17.4 Å². The maximum atomic E-state index is 11.5. The average molecular weight is 326 g/mol. The Hall–Kier alpha value is -1.20. The smallest absolute Gasteiger partial charge is 0.337 e. The first-order chi connectivity index (χ1) is 8.65. The van der Waals surface area contributed by atoms with Crippen molar-refractivity contribution < 1.29 is 9.53 Å². The summed E-state index contributed by atoms with van der Waals surface area (Å²) in [4.78, 5) is 17.2. The number of aryl methyl sites for hydroxylation is 1. The van der Waals surface area contributed by atoms with Crippen LogP contribution in [0.2, 0.25) is 0 Å². The molecule has 0 amide bonds. The largest absolute Gasteiger partial charge is 0.465 e. The zero-order chi connectivity index (χ0) is 13.1. The van der Waals surface area contributed by atoms with Crippen molar-refractivity contribution in [2.24, 2.45) is 0 Å². The molecule has 0 saturated heterocycles. The Labute approximate surface area is 118 Å². The molecule has 0 N–H and O–H groups in total. The molecule has 5 heteroatoms. The molecule has 0 bridgehead atoms. The quantitative estimate of drug-likeness (QED) is 0.636. The van der Waals surface area contributed by atoms with E-state index in [0.717, 1.165) is 26.5 Å². The number of thiazole rings is 1.